The molecule has 1 atom stereocenters. The van der Waals surface area contributed by atoms with Crippen molar-refractivity contribution in [3.63, 3.8) is 0 Å². The largest absolute Gasteiger partial charge is 0.330 e. The summed E-state index contributed by atoms with van der Waals surface area (Å²) in [4.78, 5) is 1.25. The lowest BCUT2D eigenvalue weighted by Crippen LogP contribution is -2.12. The Kier molecular flexibility index (Phi) is 3.37. The van der Waals surface area contributed by atoms with E-state index in [1.54, 1.807) is 11.3 Å². The molecule has 1 heterocycles. The Morgan fingerprint density at radius 3 is 2.91 bits per heavy atom. The quantitative estimate of drug-likeness (QED) is 0.777. The summed E-state index contributed by atoms with van der Waals surface area (Å²) in [5.74, 6) is 0.533. The number of rotatable bonds is 3. The maximum absolute atomic E-state index is 5.91. The minimum Gasteiger partial charge on any atom is -0.330 e. The van der Waals surface area contributed by atoms with Crippen LogP contribution in [0.25, 0.3) is 0 Å². The van der Waals surface area contributed by atoms with E-state index in [9.17, 15) is 0 Å². The first-order valence-corrected chi connectivity index (χ1v) is 4.91. The number of halogens is 1. The van der Waals surface area contributed by atoms with Gasteiger partial charge in [-0.2, -0.15) is 0 Å². The van der Waals surface area contributed by atoms with Crippen LogP contribution in [0.2, 0.25) is 5.02 Å². The highest BCUT2D eigenvalue weighted by molar-refractivity contribution is 7.10. The van der Waals surface area contributed by atoms with Gasteiger partial charge in [0, 0.05) is 4.88 Å². The van der Waals surface area contributed by atoms with Gasteiger partial charge in [-0.25, -0.2) is 0 Å². The highest BCUT2D eigenvalue weighted by atomic mass is 35.5. The van der Waals surface area contributed by atoms with Crippen molar-refractivity contribution in [2.75, 3.05) is 6.54 Å². The number of nitrogens with two attached hydrogens (primary N) is 1. The zero-order valence-corrected chi connectivity index (χ0v) is 8.08. The molecule has 2 N–H and O–H groups in total. The summed E-state index contributed by atoms with van der Waals surface area (Å²) in [6, 6.07) is 1.94. The molecule has 0 bridgehead atoms. The molecule has 0 saturated carbocycles. The summed E-state index contributed by atoms with van der Waals surface area (Å²) in [5, 5.41) is 2.90. The van der Waals surface area contributed by atoms with Crippen molar-refractivity contribution in [3.05, 3.63) is 21.3 Å². The number of hydrogen-bond acceptors (Lipinski definition) is 2. The molecule has 1 aromatic rings. The van der Waals surface area contributed by atoms with E-state index in [2.05, 4.69) is 6.92 Å². The van der Waals surface area contributed by atoms with E-state index < -0.39 is 0 Å². The van der Waals surface area contributed by atoms with Crippen molar-refractivity contribution < 1.29 is 0 Å². The number of hydrogen-bond donors (Lipinski definition) is 1. The molecule has 0 saturated heterocycles. The predicted molar refractivity (Wildman–Crippen MR) is 51.3 cm³/mol. The monoisotopic (exact) mass is 189 g/mol. The fourth-order valence-electron chi connectivity index (χ4n) is 0.871. The smallest absolute Gasteiger partial charge is 0.0545 e. The summed E-state index contributed by atoms with van der Waals surface area (Å²) >= 11 is 7.62. The maximum atomic E-state index is 5.91. The molecule has 0 fully saturated rings. The Morgan fingerprint density at radius 2 is 2.45 bits per heavy atom. The third-order valence-electron chi connectivity index (χ3n) is 1.63. The second-order valence-electron chi connectivity index (χ2n) is 2.74. The molecule has 0 aliphatic carbocycles. The van der Waals surface area contributed by atoms with Gasteiger partial charge in [-0.05, 0) is 30.3 Å². The van der Waals surface area contributed by atoms with Crippen molar-refractivity contribution in [2.24, 2.45) is 11.7 Å². The molecule has 1 nitrogen and oxygen atoms in total. The summed E-state index contributed by atoms with van der Waals surface area (Å²) in [6.45, 7) is 2.87. The van der Waals surface area contributed by atoms with Gasteiger partial charge in [0.25, 0.3) is 0 Å². The van der Waals surface area contributed by atoms with Gasteiger partial charge in [0.05, 0.1) is 5.02 Å². The topological polar surface area (TPSA) is 26.0 Å². The Morgan fingerprint density at radius 1 is 1.73 bits per heavy atom. The van der Waals surface area contributed by atoms with Crippen LogP contribution < -0.4 is 5.73 Å². The van der Waals surface area contributed by atoms with Crippen molar-refractivity contribution in [3.8, 4) is 0 Å². The molecule has 1 aromatic heterocycles. The molecular weight excluding hydrogens is 178 g/mol. The van der Waals surface area contributed by atoms with Crippen LogP contribution in [0.5, 0.6) is 0 Å². The third-order valence-corrected chi connectivity index (χ3v) is 3.04. The van der Waals surface area contributed by atoms with Gasteiger partial charge in [-0.15, -0.1) is 11.3 Å². The number of thiophene rings is 1. The minimum atomic E-state index is 0.533. The second kappa shape index (κ2) is 4.10. The first-order valence-electron chi connectivity index (χ1n) is 3.66. The van der Waals surface area contributed by atoms with Crippen molar-refractivity contribution in [1.82, 2.24) is 0 Å². The van der Waals surface area contributed by atoms with Gasteiger partial charge >= 0.3 is 0 Å². The lowest BCUT2D eigenvalue weighted by Gasteiger charge is -2.05. The first-order chi connectivity index (χ1) is 5.24. The normalized spacial score (nSPS) is 13.4. The van der Waals surface area contributed by atoms with Crippen LogP contribution in [0.1, 0.15) is 11.8 Å². The summed E-state index contributed by atoms with van der Waals surface area (Å²) < 4.78 is 0. The summed E-state index contributed by atoms with van der Waals surface area (Å²) in [6.07, 6.45) is 1.01. The Labute approximate surface area is 76.2 Å². The molecule has 62 valence electrons. The van der Waals surface area contributed by atoms with Crippen LogP contribution in [-0.2, 0) is 6.42 Å². The van der Waals surface area contributed by atoms with Crippen molar-refractivity contribution in [1.29, 1.82) is 0 Å². The lowest BCUT2D eigenvalue weighted by molar-refractivity contribution is 0.598. The van der Waals surface area contributed by atoms with Crippen LogP contribution in [0.3, 0.4) is 0 Å². The summed E-state index contributed by atoms with van der Waals surface area (Å²) in [7, 11) is 0. The molecule has 3 heteroatoms. The molecule has 1 rings (SSSR count). The van der Waals surface area contributed by atoms with E-state index in [0.29, 0.717) is 5.92 Å². The van der Waals surface area contributed by atoms with Gasteiger partial charge < -0.3 is 5.73 Å². The van der Waals surface area contributed by atoms with E-state index in [1.807, 2.05) is 11.4 Å². The van der Waals surface area contributed by atoms with Crippen molar-refractivity contribution in [2.45, 2.75) is 13.3 Å². The van der Waals surface area contributed by atoms with Crippen LogP contribution in [0.4, 0.5) is 0 Å². The predicted octanol–water partition coefficient (Wildman–Crippen LogP) is 2.54. The van der Waals surface area contributed by atoms with Crippen LogP contribution in [-0.4, -0.2) is 6.54 Å². The van der Waals surface area contributed by atoms with E-state index in [0.717, 1.165) is 18.0 Å². The van der Waals surface area contributed by atoms with Gasteiger partial charge in [0.15, 0.2) is 0 Å². The van der Waals surface area contributed by atoms with Crippen LogP contribution in [0.15, 0.2) is 11.4 Å². The van der Waals surface area contributed by atoms with Gasteiger partial charge in [0.1, 0.15) is 0 Å². The van der Waals surface area contributed by atoms with Crippen LogP contribution >= 0.6 is 22.9 Å². The minimum absolute atomic E-state index is 0.533. The van der Waals surface area contributed by atoms with Gasteiger partial charge in [0.2, 0.25) is 0 Å². The van der Waals surface area contributed by atoms with E-state index in [4.69, 9.17) is 17.3 Å². The molecule has 11 heavy (non-hydrogen) atoms. The summed E-state index contributed by atoms with van der Waals surface area (Å²) in [5.41, 5.74) is 5.50. The van der Waals surface area contributed by atoms with Crippen LogP contribution in [0, 0.1) is 5.92 Å². The highest BCUT2D eigenvalue weighted by Crippen LogP contribution is 2.24. The highest BCUT2D eigenvalue weighted by Gasteiger charge is 2.05. The fourth-order valence-corrected chi connectivity index (χ4v) is 2.15. The zero-order chi connectivity index (χ0) is 8.27. The Balaban J connectivity index is 2.56. The molecule has 0 aliphatic heterocycles. The van der Waals surface area contributed by atoms with E-state index in [1.165, 1.54) is 4.88 Å². The van der Waals surface area contributed by atoms with Gasteiger partial charge in [-0.3, -0.25) is 0 Å². The van der Waals surface area contributed by atoms with E-state index in [-0.39, 0.29) is 0 Å². The molecule has 0 aliphatic rings. The standard InChI is InChI=1S/C8H12ClNS/c1-6(5-10)4-8-7(9)2-3-11-8/h2-3,6H,4-5,10H2,1H3. The maximum Gasteiger partial charge on any atom is 0.0545 e. The molecule has 0 radical (unpaired) electrons. The molecule has 1 unspecified atom stereocenters. The molecule has 0 amide bonds. The second-order valence-corrected chi connectivity index (χ2v) is 4.14. The molecular formula is C8H12ClNS. The zero-order valence-electron chi connectivity index (χ0n) is 6.51. The molecule has 0 aromatic carbocycles. The average Bonchev–Trinajstić information content (AvgIpc) is 2.37. The van der Waals surface area contributed by atoms with E-state index >= 15 is 0 Å². The third kappa shape index (κ3) is 2.47. The Bertz CT molecular complexity index is 222. The fraction of sp³-hybridized carbons (Fsp3) is 0.500. The first kappa shape index (κ1) is 9.04. The lowest BCUT2D eigenvalue weighted by atomic mass is 10.1. The van der Waals surface area contributed by atoms with Gasteiger partial charge in [-0.1, -0.05) is 18.5 Å². The molecule has 0 spiro atoms. The average molecular weight is 190 g/mol. The Hall–Kier alpha value is -0.0500. The van der Waals surface area contributed by atoms with Crippen molar-refractivity contribution >= 4 is 22.9 Å². The SMILES string of the molecule is CC(CN)Cc1sccc1Cl.